The topological polar surface area (TPSA) is 139 Å². The molecule has 0 aliphatic rings. The molecule has 180 valence electrons. The molecule has 0 radical (unpaired) electrons. The van der Waals surface area contributed by atoms with Crippen LogP contribution in [-0.2, 0) is 23.5 Å². The molecular weight excluding hydrogens is 585 g/mol. The maximum absolute atomic E-state index is 13.5. The molecule has 0 aliphatic carbocycles. The van der Waals surface area contributed by atoms with Gasteiger partial charge in [-0.3, -0.25) is 4.79 Å². The maximum atomic E-state index is 13.5. The lowest BCUT2D eigenvalue weighted by Gasteiger charge is -2.28. The maximum Gasteiger partial charge on any atom is 0.337 e. The normalized spacial score (nSPS) is 12.7. The van der Waals surface area contributed by atoms with Gasteiger partial charge in [0.25, 0.3) is 5.91 Å². The van der Waals surface area contributed by atoms with Crippen molar-refractivity contribution in [3.05, 3.63) is 80.8 Å². The van der Waals surface area contributed by atoms with Gasteiger partial charge in [0.05, 0.1) is 6.10 Å². The van der Waals surface area contributed by atoms with E-state index in [9.17, 15) is 27.1 Å². The lowest BCUT2D eigenvalue weighted by Crippen LogP contribution is -2.46. The molecule has 3 aromatic rings. The highest BCUT2D eigenvalue weighted by Crippen LogP contribution is 2.18. The molecule has 0 fully saturated rings. The van der Waals surface area contributed by atoms with Gasteiger partial charge in [0.15, 0.2) is 5.69 Å². The highest BCUT2D eigenvalue weighted by Gasteiger charge is 2.26. The summed E-state index contributed by atoms with van der Waals surface area (Å²) in [6.07, 6.45) is -0.343. The number of aliphatic hydroxyl groups is 1. The Labute approximate surface area is 208 Å². The Balaban J connectivity index is 1.81. The van der Waals surface area contributed by atoms with Crippen LogP contribution >= 0.6 is 22.6 Å². The van der Waals surface area contributed by atoms with E-state index in [2.05, 4.69) is 31.9 Å². The smallest absolute Gasteiger partial charge is 0.337 e. The van der Waals surface area contributed by atoms with Gasteiger partial charge in [-0.05, 0) is 64.4 Å². The third-order valence-corrected chi connectivity index (χ3v) is 5.69. The van der Waals surface area contributed by atoms with Crippen LogP contribution in [0.4, 0.5) is 14.8 Å². The standard InChI is InChI=1S/C21H19F2IN4O5S/c22-14-4-13(5-15(23)8-14)7-17(25)19(29)10-28(9-12-2-1-3-16(24)6-12)20(30)18-11-33-21(26-18)27-34(31)32/h1-6,8,11,17,19,29H,7,9-10,25H2/t17-,19+/m0/s1. The first-order valence-electron chi connectivity index (χ1n) is 9.79. The van der Waals surface area contributed by atoms with E-state index in [0.29, 0.717) is 0 Å². The molecule has 2 aromatic carbocycles. The number of halogens is 3. The number of nitrogens with zero attached hydrogens (tertiary/aromatic N) is 3. The molecule has 13 heteroatoms. The highest BCUT2D eigenvalue weighted by atomic mass is 127. The SMILES string of the molecule is N[C@@H](Cc1cc(F)cc(F)c1)[C@H](O)CN(Cc1cccc(I)c1)C(=O)c1coc(N=S(=O)=O)n1. The zero-order chi connectivity index (χ0) is 24.8. The number of carbonyl (C=O) groups is 1. The van der Waals surface area contributed by atoms with Gasteiger partial charge in [0, 0.05) is 28.8 Å². The fraction of sp³-hybridized carbons (Fsp3) is 0.238. The number of rotatable bonds is 9. The number of aromatic nitrogens is 1. The molecule has 1 heterocycles. The summed E-state index contributed by atoms with van der Waals surface area (Å²) in [5.41, 5.74) is 6.85. The van der Waals surface area contributed by atoms with Crippen molar-refractivity contribution in [2.75, 3.05) is 6.54 Å². The number of hydrogen-bond acceptors (Lipinski definition) is 8. The van der Waals surface area contributed by atoms with E-state index >= 15 is 0 Å². The number of oxazole rings is 1. The van der Waals surface area contributed by atoms with Gasteiger partial charge in [-0.1, -0.05) is 16.5 Å². The number of hydrogen-bond donors (Lipinski definition) is 2. The van der Waals surface area contributed by atoms with Crippen LogP contribution < -0.4 is 5.73 Å². The molecule has 0 spiro atoms. The third-order valence-electron chi connectivity index (χ3n) is 4.71. The number of amides is 1. The summed E-state index contributed by atoms with van der Waals surface area (Å²) in [4.78, 5) is 18.1. The Morgan fingerprint density at radius 1 is 1.21 bits per heavy atom. The largest absolute Gasteiger partial charge is 0.429 e. The molecule has 9 nitrogen and oxygen atoms in total. The van der Waals surface area contributed by atoms with Crippen LogP contribution in [0, 0.1) is 15.2 Å². The van der Waals surface area contributed by atoms with Crippen molar-refractivity contribution >= 4 is 45.0 Å². The van der Waals surface area contributed by atoms with Crippen LogP contribution in [0.3, 0.4) is 0 Å². The average Bonchev–Trinajstić information content (AvgIpc) is 3.19. The van der Waals surface area contributed by atoms with Crippen LogP contribution in [0.1, 0.15) is 21.6 Å². The van der Waals surface area contributed by atoms with Crippen molar-refractivity contribution in [2.24, 2.45) is 10.1 Å². The minimum absolute atomic E-state index is 0.0383. The van der Waals surface area contributed by atoms with Gasteiger partial charge in [0.2, 0.25) is 0 Å². The Kier molecular flexibility index (Phi) is 8.82. The molecule has 0 unspecified atom stereocenters. The van der Waals surface area contributed by atoms with Gasteiger partial charge in [-0.15, -0.1) is 0 Å². The predicted molar refractivity (Wildman–Crippen MR) is 125 cm³/mol. The van der Waals surface area contributed by atoms with Crippen molar-refractivity contribution in [3.8, 4) is 0 Å². The Hall–Kier alpha value is -2.75. The van der Waals surface area contributed by atoms with E-state index in [1.165, 1.54) is 4.90 Å². The van der Waals surface area contributed by atoms with E-state index in [-0.39, 0.29) is 30.8 Å². The summed E-state index contributed by atoms with van der Waals surface area (Å²) in [6.45, 7) is -0.170. The number of benzene rings is 2. The predicted octanol–water partition coefficient (Wildman–Crippen LogP) is 2.82. The zero-order valence-electron chi connectivity index (χ0n) is 17.4. The second kappa shape index (κ2) is 11.6. The number of carbonyl (C=O) groups excluding carboxylic acids is 1. The van der Waals surface area contributed by atoms with Gasteiger partial charge >= 0.3 is 16.5 Å². The molecule has 3 rings (SSSR count). The highest BCUT2D eigenvalue weighted by molar-refractivity contribution is 14.1. The molecule has 0 saturated carbocycles. The molecule has 0 aliphatic heterocycles. The first kappa shape index (κ1) is 25.9. The second-order valence-electron chi connectivity index (χ2n) is 7.35. The summed E-state index contributed by atoms with van der Waals surface area (Å²) < 4.78 is 57.3. The molecule has 2 atom stereocenters. The van der Waals surface area contributed by atoms with E-state index in [1.807, 2.05) is 12.1 Å². The van der Waals surface area contributed by atoms with E-state index in [4.69, 9.17) is 10.2 Å². The van der Waals surface area contributed by atoms with Crippen LogP contribution in [-0.4, -0.2) is 48.0 Å². The molecule has 1 amide bonds. The van der Waals surface area contributed by atoms with Gasteiger partial charge < -0.3 is 20.2 Å². The quantitative estimate of drug-likeness (QED) is 0.358. The zero-order valence-corrected chi connectivity index (χ0v) is 20.4. The number of nitrogens with two attached hydrogens (primary N) is 1. The first-order valence-corrected chi connectivity index (χ1v) is 11.9. The van der Waals surface area contributed by atoms with Gasteiger partial charge in [-0.2, -0.15) is 13.4 Å². The van der Waals surface area contributed by atoms with E-state index in [1.54, 1.807) is 12.1 Å². The van der Waals surface area contributed by atoms with Crippen LogP contribution in [0.2, 0.25) is 0 Å². The Morgan fingerprint density at radius 3 is 2.56 bits per heavy atom. The molecule has 1 aromatic heterocycles. The van der Waals surface area contributed by atoms with Crippen molar-refractivity contribution in [3.63, 3.8) is 0 Å². The lowest BCUT2D eigenvalue weighted by atomic mass is 10.0. The fourth-order valence-electron chi connectivity index (χ4n) is 3.20. The van der Waals surface area contributed by atoms with Crippen LogP contribution in [0.25, 0.3) is 0 Å². The van der Waals surface area contributed by atoms with Crippen LogP contribution in [0.5, 0.6) is 0 Å². The second-order valence-corrected chi connectivity index (χ2v) is 9.21. The minimum atomic E-state index is -2.82. The van der Waals surface area contributed by atoms with Crippen molar-refractivity contribution in [2.45, 2.75) is 25.1 Å². The van der Waals surface area contributed by atoms with Crippen molar-refractivity contribution in [1.82, 2.24) is 9.88 Å². The molecule has 34 heavy (non-hydrogen) atoms. The Morgan fingerprint density at radius 2 is 1.91 bits per heavy atom. The minimum Gasteiger partial charge on any atom is -0.429 e. The summed E-state index contributed by atoms with van der Waals surface area (Å²) in [5, 5.41) is 10.7. The Bertz CT molecular complexity index is 1290. The molecule has 3 N–H and O–H groups in total. The third kappa shape index (κ3) is 7.38. The summed E-state index contributed by atoms with van der Waals surface area (Å²) in [6, 6.07) is 8.80. The summed E-state index contributed by atoms with van der Waals surface area (Å²) in [5.74, 6) is -2.19. The van der Waals surface area contributed by atoms with E-state index in [0.717, 1.165) is 33.6 Å². The first-order chi connectivity index (χ1) is 16.1. The molecular formula is C21H19F2IN4O5S. The average molecular weight is 604 g/mol. The fourth-order valence-corrected chi connectivity index (χ4v) is 4.02. The van der Waals surface area contributed by atoms with Crippen LogP contribution in [0.15, 0.2) is 57.5 Å². The summed E-state index contributed by atoms with van der Waals surface area (Å²) in [7, 11) is -2.82. The molecule has 0 saturated heterocycles. The van der Waals surface area contributed by atoms with E-state index < -0.39 is 46.2 Å². The van der Waals surface area contributed by atoms with Gasteiger partial charge in [-0.25, -0.2) is 8.78 Å². The summed E-state index contributed by atoms with van der Waals surface area (Å²) >= 11 is 2.12. The molecule has 0 bridgehead atoms. The van der Waals surface area contributed by atoms with Crippen molar-refractivity contribution < 1.29 is 31.5 Å². The number of aliphatic hydroxyl groups excluding tert-OH is 1. The van der Waals surface area contributed by atoms with Gasteiger partial charge in [0.1, 0.15) is 17.9 Å². The lowest BCUT2D eigenvalue weighted by molar-refractivity contribution is 0.0549. The van der Waals surface area contributed by atoms with Crippen molar-refractivity contribution in [1.29, 1.82) is 0 Å². The monoisotopic (exact) mass is 604 g/mol.